The first kappa shape index (κ1) is 15.2. The second kappa shape index (κ2) is 5.47. The first-order valence-electron chi connectivity index (χ1n) is 6.59. The van der Waals surface area contributed by atoms with Gasteiger partial charge in [-0.2, -0.15) is 4.98 Å². The summed E-state index contributed by atoms with van der Waals surface area (Å²) in [7, 11) is -3.21. The van der Waals surface area contributed by atoms with Gasteiger partial charge in [0.1, 0.15) is 6.10 Å². The number of nitrogens with one attached hydrogen (secondary N) is 1. The molecule has 3 atom stereocenters. The number of imidazole rings is 1. The molecule has 0 aliphatic carbocycles. The smallest absolute Gasteiger partial charge is 0.280 e. The minimum Gasteiger partial charge on any atom is -0.369 e. The Morgan fingerprint density at radius 1 is 1.64 bits per heavy atom. The van der Waals surface area contributed by atoms with Gasteiger partial charge in [0, 0.05) is 6.66 Å². The van der Waals surface area contributed by atoms with E-state index in [0.29, 0.717) is 12.2 Å². The van der Waals surface area contributed by atoms with Crippen LogP contribution in [0.15, 0.2) is 11.1 Å². The first-order valence-corrected chi connectivity index (χ1v) is 8.88. The van der Waals surface area contributed by atoms with Gasteiger partial charge in [-0.3, -0.25) is 14.3 Å². The van der Waals surface area contributed by atoms with Gasteiger partial charge in [0.05, 0.1) is 25.6 Å². The Balaban J connectivity index is 1.75. The summed E-state index contributed by atoms with van der Waals surface area (Å²) < 4.78 is 23.9. The summed E-state index contributed by atoms with van der Waals surface area (Å²) >= 11 is 0. The highest BCUT2D eigenvalue weighted by Gasteiger charge is 2.30. The number of nitrogen functional groups attached to an aromatic ring is 1. The maximum Gasteiger partial charge on any atom is 0.280 e. The molecular weight excluding hydrogens is 313 g/mol. The molecule has 1 aliphatic heterocycles. The Labute approximate surface area is 124 Å². The fourth-order valence-corrected chi connectivity index (χ4v) is 3.04. The minimum atomic E-state index is -3.21. The van der Waals surface area contributed by atoms with Crippen molar-refractivity contribution in [3.63, 3.8) is 0 Å². The number of aromatic nitrogens is 4. The summed E-state index contributed by atoms with van der Waals surface area (Å²) in [5.74, 6) is 0.00733. The number of rotatable bonds is 4. The maximum atomic E-state index is 11.7. The number of ether oxygens (including phenoxy) is 2. The van der Waals surface area contributed by atoms with Crippen molar-refractivity contribution in [3.05, 3.63) is 16.7 Å². The van der Waals surface area contributed by atoms with Gasteiger partial charge >= 0.3 is 0 Å². The molecule has 0 spiro atoms. The molecule has 4 N–H and O–H groups in total. The fraction of sp³-hybridized carbons (Fsp3) is 0.545. The van der Waals surface area contributed by atoms with Crippen LogP contribution >= 0.6 is 7.37 Å². The normalized spacial score (nSPS) is 24.6. The molecule has 0 aromatic carbocycles. The van der Waals surface area contributed by atoms with E-state index in [2.05, 4.69) is 15.0 Å². The fourth-order valence-electron chi connectivity index (χ4n) is 2.30. The van der Waals surface area contributed by atoms with E-state index in [1.807, 2.05) is 0 Å². The lowest BCUT2D eigenvalue weighted by Gasteiger charge is -2.13. The number of H-pyrrole nitrogens is 1. The molecule has 1 fully saturated rings. The van der Waals surface area contributed by atoms with E-state index in [0.717, 1.165) is 0 Å². The summed E-state index contributed by atoms with van der Waals surface area (Å²) in [5.41, 5.74) is 5.67. The Bertz CT molecular complexity index is 796. The summed E-state index contributed by atoms with van der Waals surface area (Å²) in [6.45, 7) is 1.89. The van der Waals surface area contributed by atoms with Crippen molar-refractivity contribution in [1.29, 1.82) is 0 Å². The Morgan fingerprint density at radius 3 is 3.14 bits per heavy atom. The van der Waals surface area contributed by atoms with Gasteiger partial charge in [-0.05, 0) is 0 Å². The van der Waals surface area contributed by atoms with E-state index in [-0.39, 0.29) is 30.3 Å². The molecule has 22 heavy (non-hydrogen) atoms. The Morgan fingerprint density at radius 2 is 2.41 bits per heavy atom. The molecule has 10 nitrogen and oxygen atoms in total. The second-order valence-electron chi connectivity index (χ2n) is 5.27. The molecular formula is C11H16N5O5P. The van der Waals surface area contributed by atoms with Gasteiger partial charge in [-0.15, -0.1) is 0 Å². The molecule has 0 saturated carbocycles. The third-order valence-electron chi connectivity index (χ3n) is 3.19. The van der Waals surface area contributed by atoms with Crippen molar-refractivity contribution in [2.24, 2.45) is 0 Å². The zero-order valence-electron chi connectivity index (χ0n) is 11.8. The average molecular weight is 329 g/mol. The van der Waals surface area contributed by atoms with E-state index >= 15 is 0 Å². The van der Waals surface area contributed by atoms with Gasteiger partial charge in [0.2, 0.25) is 13.3 Å². The van der Waals surface area contributed by atoms with Crippen molar-refractivity contribution in [1.82, 2.24) is 19.5 Å². The highest BCUT2D eigenvalue weighted by molar-refractivity contribution is 7.57. The highest BCUT2D eigenvalue weighted by atomic mass is 31.2. The van der Waals surface area contributed by atoms with Gasteiger partial charge in [0.15, 0.2) is 17.5 Å². The van der Waals surface area contributed by atoms with Crippen LogP contribution in [0.2, 0.25) is 0 Å². The molecule has 0 amide bonds. The van der Waals surface area contributed by atoms with Crippen LogP contribution in [-0.4, -0.2) is 56.2 Å². The predicted molar refractivity (Wildman–Crippen MR) is 77.8 cm³/mol. The van der Waals surface area contributed by atoms with Crippen LogP contribution in [0.5, 0.6) is 0 Å². The van der Waals surface area contributed by atoms with Gasteiger partial charge in [-0.1, -0.05) is 0 Å². The number of nitrogens with two attached hydrogens (primary N) is 1. The lowest BCUT2D eigenvalue weighted by atomic mass is 10.4. The number of aromatic amines is 1. The topological polar surface area (TPSA) is 145 Å². The molecule has 3 rings (SSSR count). The zero-order chi connectivity index (χ0) is 15.9. The van der Waals surface area contributed by atoms with Crippen LogP contribution in [0.1, 0.15) is 0 Å². The van der Waals surface area contributed by atoms with Gasteiger partial charge in [0.25, 0.3) is 5.56 Å². The quantitative estimate of drug-likeness (QED) is 0.627. The number of hydrogen-bond acceptors (Lipinski definition) is 7. The van der Waals surface area contributed by atoms with Crippen molar-refractivity contribution >= 4 is 24.5 Å². The Kier molecular flexibility index (Phi) is 3.77. The van der Waals surface area contributed by atoms with E-state index in [1.165, 1.54) is 13.0 Å². The second-order valence-corrected chi connectivity index (χ2v) is 7.74. The molecule has 2 aromatic rings. The maximum absolute atomic E-state index is 11.7. The molecule has 1 saturated heterocycles. The lowest BCUT2D eigenvalue weighted by Crippen LogP contribution is -2.21. The van der Waals surface area contributed by atoms with Gasteiger partial charge < -0.3 is 24.7 Å². The highest BCUT2D eigenvalue weighted by Crippen LogP contribution is 2.38. The summed E-state index contributed by atoms with van der Waals surface area (Å²) in [6.07, 6.45) is 0.386. The van der Waals surface area contributed by atoms with Crippen molar-refractivity contribution in [2.75, 3.05) is 25.2 Å². The van der Waals surface area contributed by atoms with Crippen LogP contribution in [-0.2, 0) is 20.6 Å². The summed E-state index contributed by atoms with van der Waals surface area (Å²) in [5, 5.41) is 0. The molecule has 1 aliphatic rings. The largest absolute Gasteiger partial charge is 0.369 e. The van der Waals surface area contributed by atoms with Crippen LogP contribution < -0.4 is 11.3 Å². The molecule has 0 radical (unpaired) electrons. The number of fused-ring (bicyclic) bond motifs is 1. The first-order chi connectivity index (χ1) is 10.3. The monoisotopic (exact) mass is 329 g/mol. The Hall–Kier alpha value is -1.74. The minimum absolute atomic E-state index is 0.00733. The molecule has 2 aromatic heterocycles. The summed E-state index contributed by atoms with van der Waals surface area (Å²) in [4.78, 5) is 31.5. The van der Waals surface area contributed by atoms with E-state index in [1.54, 1.807) is 4.57 Å². The van der Waals surface area contributed by atoms with Crippen molar-refractivity contribution in [2.45, 2.75) is 18.9 Å². The van der Waals surface area contributed by atoms with Crippen LogP contribution in [0.3, 0.4) is 0 Å². The van der Waals surface area contributed by atoms with Crippen LogP contribution in [0.25, 0.3) is 11.2 Å². The SMILES string of the molecule is CP(=O)(O)CC1OC[C@@H](Cn2cnc3c(=O)[nH]c(N)nc32)O1. The molecule has 120 valence electrons. The predicted octanol–water partition coefficient (Wildman–Crippen LogP) is -0.656. The average Bonchev–Trinajstić information content (AvgIpc) is 2.96. The number of anilines is 1. The molecule has 2 unspecified atom stereocenters. The molecule has 11 heteroatoms. The molecule has 3 heterocycles. The van der Waals surface area contributed by atoms with Crippen molar-refractivity contribution in [3.8, 4) is 0 Å². The third-order valence-corrected chi connectivity index (χ3v) is 4.17. The van der Waals surface area contributed by atoms with E-state index in [9.17, 15) is 14.3 Å². The lowest BCUT2D eigenvalue weighted by molar-refractivity contribution is -0.0428. The standard InChI is InChI=1S/C11H16N5O5P/c1-22(18,19)4-7-20-3-6(21-7)2-16-5-13-8-9(16)14-11(12)15-10(8)17/h5-7H,2-4H2,1H3,(H,18,19)(H3,12,14,15,17)/t6-,7?/m1/s1. The van der Waals surface area contributed by atoms with E-state index in [4.69, 9.17) is 15.2 Å². The third kappa shape index (κ3) is 3.20. The van der Waals surface area contributed by atoms with Gasteiger partial charge in [-0.25, -0.2) is 4.98 Å². The number of hydrogen-bond donors (Lipinski definition) is 3. The zero-order valence-corrected chi connectivity index (χ0v) is 12.7. The molecule has 0 bridgehead atoms. The summed E-state index contributed by atoms with van der Waals surface area (Å²) in [6, 6.07) is 0. The number of nitrogens with zero attached hydrogens (tertiary/aromatic N) is 3. The van der Waals surface area contributed by atoms with E-state index < -0.39 is 19.2 Å². The van der Waals surface area contributed by atoms with Crippen molar-refractivity contribution < 1.29 is 18.9 Å². The van der Waals surface area contributed by atoms with Crippen LogP contribution in [0.4, 0.5) is 5.95 Å². The van der Waals surface area contributed by atoms with Crippen LogP contribution in [0, 0.1) is 0 Å².